The molecule has 0 atom stereocenters. The molecule has 0 fully saturated rings. The normalized spacial score (nSPS) is 14.0. The number of fused-ring (bicyclic) bond motifs is 1. The highest BCUT2D eigenvalue weighted by Gasteiger charge is 2.24. The fourth-order valence-corrected chi connectivity index (χ4v) is 3.41. The standard InChI is InChI=1S/C16H16N2O4S/c19-15(20)14-17-12-7-4-8-18(9-13(12)23-14)16(21)22-10-11-5-2-1-3-6-11/h1-3,5-6H,4,7-10H2,(H,19,20). The summed E-state index contributed by atoms with van der Waals surface area (Å²) >= 11 is 1.13. The predicted molar refractivity (Wildman–Crippen MR) is 84.4 cm³/mol. The maximum atomic E-state index is 12.2. The largest absolute Gasteiger partial charge is 0.476 e. The number of aryl methyl sites for hydroxylation is 1. The number of ether oxygens (including phenoxy) is 1. The molecule has 1 aliphatic rings. The monoisotopic (exact) mass is 332 g/mol. The van der Waals surface area contributed by atoms with Gasteiger partial charge in [0, 0.05) is 11.4 Å². The second-order valence-corrected chi connectivity index (χ2v) is 6.34. The number of hydrogen-bond donors (Lipinski definition) is 1. The number of carbonyl (C=O) groups is 2. The molecule has 3 rings (SSSR count). The Morgan fingerprint density at radius 1 is 1.30 bits per heavy atom. The van der Waals surface area contributed by atoms with Gasteiger partial charge in [-0.1, -0.05) is 30.3 Å². The van der Waals surface area contributed by atoms with Gasteiger partial charge in [0.05, 0.1) is 12.2 Å². The number of carboxylic acid groups (broad SMARTS) is 1. The lowest BCUT2D eigenvalue weighted by Crippen LogP contribution is -2.31. The van der Waals surface area contributed by atoms with E-state index in [0.29, 0.717) is 19.5 Å². The molecule has 7 heteroatoms. The molecule has 0 saturated heterocycles. The van der Waals surface area contributed by atoms with E-state index in [-0.39, 0.29) is 17.7 Å². The Morgan fingerprint density at radius 2 is 2.09 bits per heavy atom. The van der Waals surface area contributed by atoms with E-state index in [1.54, 1.807) is 4.90 Å². The summed E-state index contributed by atoms with van der Waals surface area (Å²) in [4.78, 5) is 29.8. The van der Waals surface area contributed by atoms with Crippen molar-refractivity contribution in [2.45, 2.75) is 26.0 Å². The summed E-state index contributed by atoms with van der Waals surface area (Å²) in [6, 6.07) is 9.50. The molecule has 0 aliphatic carbocycles. The maximum Gasteiger partial charge on any atom is 0.410 e. The summed E-state index contributed by atoms with van der Waals surface area (Å²) in [6.07, 6.45) is 1.05. The van der Waals surface area contributed by atoms with Gasteiger partial charge in [-0.3, -0.25) is 0 Å². The van der Waals surface area contributed by atoms with Crippen LogP contribution in [0.3, 0.4) is 0 Å². The Labute approximate surface area is 137 Å². The Bertz CT molecular complexity index is 714. The van der Waals surface area contributed by atoms with Gasteiger partial charge in [0.1, 0.15) is 6.61 Å². The zero-order chi connectivity index (χ0) is 16.2. The van der Waals surface area contributed by atoms with E-state index in [2.05, 4.69) is 4.98 Å². The van der Waals surface area contributed by atoms with E-state index in [4.69, 9.17) is 9.84 Å². The van der Waals surface area contributed by atoms with Crippen molar-refractivity contribution in [3.8, 4) is 0 Å². The van der Waals surface area contributed by atoms with E-state index in [1.165, 1.54) is 0 Å². The minimum Gasteiger partial charge on any atom is -0.476 e. The van der Waals surface area contributed by atoms with Gasteiger partial charge in [0.2, 0.25) is 5.01 Å². The molecule has 1 aromatic carbocycles. The molecule has 1 aromatic heterocycles. The molecule has 0 unspecified atom stereocenters. The smallest absolute Gasteiger partial charge is 0.410 e. The minimum atomic E-state index is -1.03. The van der Waals surface area contributed by atoms with Gasteiger partial charge in [-0.15, -0.1) is 11.3 Å². The Kier molecular flexibility index (Phi) is 4.57. The second-order valence-electron chi connectivity index (χ2n) is 5.26. The third-order valence-electron chi connectivity index (χ3n) is 3.60. The number of aromatic nitrogens is 1. The van der Waals surface area contributed by atoms with Crippen molar-refractivity contribution in [2.75, 3.05) is 6.54 Å². The molecular formula is C16H16N2O4S. The minimum absolute atomic E-state index is 0.0782. The van der Waals surface area contributed by atoms with Crippen molar-refractivity contribution in [2.24, 2.45) is 0 Å². The van der Waals surface area contributed by atoms with Crippen molar-refractivity contribution >= 4 is 23.4 Å². The van der Waals surface area contributed by atoms with Crippen molar-refractivity contribution < 1.29 is 19.4 Å². The number of nitrogens with zero attached hydrogens (tertiary/aromatic N) is 2. The summed E-state index contributed by atoms with van der Waals surface area (Å²) in [5.74, 6) is -1.03. The molecule has 1 aliphatic heterocycles. The van der Waals surface area contributed by atoms with Crippen LogP contribution in [0.5, 0.6) is 0 Å². The highest BCUT2D eigenvalue weighted by molar-refractivity contribution is 7.13. The van der Waals surface area contributed by atoms with Crippen LogP contribution < -0.4 is 0 Å². The number of hydrogen-bond acceptors (Lipinski definition) is 5. The number of aromatic carboxylic acids is 1. The SMILES string of the molecule is O=C(O)c1nc2c(s1)CN(C(=O)OCc1ccccc1)CCC2. The lowest BCUT2D eigenvalue weighted by molar-refractivity contribution is 0.0696. The molecule has 0 radical (unpaired) electrons. The fraction of sp³-hybridized carbons (Fsp3) is 0.312. The average molecular weight is 332 g/mol. The molecule has 2 heterocycles. The van der Waals surface area contributed by atoms with Gasteiger partial charge in [0.15, 0.2) is 0 Å². The molecule has 1 amide bonds. The van der Waals surface area contributed by atoms with E-state index in [0.717, 1.165) is 33.9 Å². The van der Waals surface area contributed by atoms with Crippen LogP contribution in [0.15, 0.2) is 30.3 Å². The number of rotatable bonds is 3. The first-order chi connectivity index (χ1) is 11.1. The van der Waals surface area contributed by atoms with Gasteiger partial charge < -0.3 is 14.7 Å². The van der Waals surface area contributed by atoms with Gasteiger partial charge in [-0.05, 0) is 18.4 Å². The van der Waals surface area contributed by atoms with Crippen LogP contribution in [-0.2, 0) is 24.3 Å². The third kappa shape index (κ3) is 3.68. The van der Waals surface area contributed by atoms with Gasteiger partial charge in [-0.2, -0.15) is 0 Å². The maximum absolute atomic E-state index is 12.2. The summed E-state index contributed by atoms with van der Waals surface area (Å²) < 4.78 is 5.35. The molecular weight excluding hydrogens is 316 g/mol. The number of benzene rings is 1. The summed E-state index contributed by atoms with van der Waals surface area (Å²) in [6.45, 7) is 1.17. The van der Waals surface area contributed by atoms with Crippen LogP contribution >= 0.6 is 11.3 Å². The Morgan fingerprint density at radius 3 is 2.83 bits per heavy atom. The first-order valence-corrected chi connectivity index (χ1v) is 8.12. The highest BCUT2D eigenvalue weighted by Crippen LogP contribution is 2.25. The zero-order valence-electron chi connectivity index (χ0n) is 12.4. The Hall–Kier alpha value is -2.41. The number of carbonyl (C=O) groups excluding carboxylic acids is 1. The fourth-order valence-electron chi connectivity index (χ4n) is 2.45. The molecule has 6 nitrogen and oxygen atoms in total. The van der Waals surface area contributed by atoms with Crippen LogP contribution in [-0.4, -0.2) is 33.6 Å². The van der Waals surface area contributed by atoms with Crippen LogP contribution in [0, 0.1) is 0 Å². The molecule has 1 N–H and O–H groups in total. The van der Waals surface area contributed by atoms with Crippen LogP contribution in [0.2, 0.25) is 0 Å². The summed E-state index contributed by atoms with van der Waals surface area (Å²) in [5, 5.41) is 9.11. The first-order valence-electron chi connectivity index (χ1n) is 7.31. The zero-order valence-corrected chi connectivity index (χ0v) is 13.2. The number of thiazole rings is 1. The molecule has 2 aromatic rings. The average Bonchev–Trinajstić information content (AvgIpc) is 2.86. The molecule has 0 bridgehead atoms. The predicted octanol–water partition coefficient (Wildman–Crippen LogP) is 2.93. The van der Waals surface area contributed by atoms with Crippen molar-refractivity contribution in [1.29, 1.82) is 0 Å². The van der Waals surface area contributed by atoms with E-state index in [9.17, 15) is 9.59 Å². The van der Waals surface area contributed by atoms with Crippen LogP contribution in [0.4, 0.5) is 4.79 Å². The van der Waals surface area contributed by atoms with E-state index >= 15 is 0 Å². The van der Waals surface area contributed by atoms with E-state index in [1.807, 2.05) is 30.3 Å². The lowest BCUT2D eigenvalue weighted by Gasteiger charge is -2.19. The van der Waals surface area contributed by atoms with Crippen LogP contribution in [0.25, 0.3) is 0 Å². The van der Waals surface area contributed by atoms with Crippen molar-refractivity contribution in [3.63, 3.8) is 0 Å². The molecule has 120 valence electrons. The van der Waals surface area contributed by atoms with E-state index < -0.39 is 5.97 Å². The topological polar surface area (TPSA) is 79.7 Å². The Balaban J connectivity index is 1.65. The summed E-state index contributed by atoms with van der Waals surface area (Å²) in [5.41, 5.74) is 1.72. The van der Waals surface area contributed by atoms with Gasteiger partial charge in [0.25, 0.3) is 0 Å². The molecule has 0 saturated carbocycles. The van der Waals surface area contributed by atoms with Gasteiger partial charge >= 0.3 is 12.1 Å². The van der Waals surface area contributed by atoms with Gasteiger partial charge in [-0.25, -0.2) is 14.6 Å². The van der Waals surface area contributed by atoms with Crippen molar-refractivity contribution in [3.05, 3.63) is 51.5 Å². The number of amides is 1. The molecule has 23 heavy (non-hydrogen) atoms. The second kappa shape index (κ2) is 6.78. The summed E-state index contributed by atoms with van der Waals surface area (Å²) in [7, 11) is 0. The van der Waals surface area contributed by atoms with Crippen LogP contribution in [0.1, 0.15) is 32.4 Å². The first kappa shape index (κ1) is 15.5. The quantitative estimate of drug-likeness (QED) is 0.935. The number of carboxylic acids is 1. The third-order valence-corrected chi connectivity index (χ3v) is 4.67. The lowest BCUT2D eigenvalue weighted by atomic mass is 10.2. The molecule has 0 spiro atoms. The highest BCUT2D eigenvalue weighted by atomic mass is 32.1. The van der Waals surface area contributed by atoms with Crippen molar-refractivity contribution in [1.82, 2.24) is 9.88 Å².